The highest BCUT2D eigenvalue weighted by Crippen LogP contribution is 2.34. The van der Waals surface area contributed by atoms with Gasteiger partial charge in [0.1, 0.15) is 0 Å². The number of rotatable bonds is 8. The average Bonchev–Trinajstić information content (AvgIpc) is 2.97. The fraction of sp³-hybridized carbons (Fsp3) is 0.647. The molecule has 124 valence electrons. The molecule has 22 heavy (non-hydrogen) atoms. The molecule has 1 heterocycles. The Balaban J connectivity index is 2.00. The van der Waals surface area contributed by atoms with Gasteiger partial charge < -0.3 is 14.8 Å². The lowest BCUT2D eigenvalue weighted by Gasteiger charge is -2.23. The number of nitrogens with zero attached hydrogens (tertiary/aromatic N) is 1. The molecule has 0 aromatic heterocycles. The molecule has 0 radical (unpaired) electrons. The standard InChI is InChI=1S/C17H27ClN2O2/c1-4-20-8-6-7-15(20)12-19-11-13-9-14(18)10-16(21-3)17(13)22-5-2/h9-10,15,19H,4-8,11-12H2,1-3H3/t15-/m1/s1. The molecular formula is C17H27ClN2O2. The molecule has 5 heteroatoms. The van der Waals surface area contributed by atoms with E-state index in [1.54, 1.807) is 13.2 Å². The largest absolute Gasteiger partial charge is 0.493 e. The Morgan fingerprint density at radius 3 is 2.86 bits per heavy atom. The molecular weight excluding hydrogens is 300 g/mol. The number of halogens is 1. The second kappa shape index (κ2) is 8.61. The van der Waals surface area contributed by atoms with Gasteiger partial charge in [0.25, 0.3) is 0 Å². The van der Waals surface area contributed by atoms with Crippen LogP contribution in [-0.4, -0.2) is 44.3 Å². The molecule has 1 aromatic carbocycles. The third-order valence-corrected chi connectivity index (χ3v) is 4.42. The van der Waals surface area contributed by atoms with E-state index in [9.17, 15) is 0 Å². The zero-order valence-corrected chi connectivity index (χ0v) is 14.6. The summed E-state index contributed by atoms with van der Waals surface area (Å²) in [5.41, 5.74) is 1.05. The molecule has 1 aromatic rings. The van der Waals surface area contributed by atoms with Gasteiger partial charge in [0.2, 0.25) is 0 Å². The third-order valence-electron chi connectivity index (χ3n) is 4.21. The molecule has 1 fully saturated rings. The van der Waals surface area contributed by atoms with Gasteiger partial charge in [0, 0.05) is 35.8 Å². The number of benzene rings is 1. The number of ether oxygens (including phenoxy) is 2. The van der Waals surface area contributed by atoms with Crippen LogP contribution < -0.4 is 14.8 Å². The summed E-state index contributed by atoms with van der Waals surface area (Å²) in [6, 6.07) is 4.39. The van der Waals surface area contributed by atoms with Crippen molar-refractivity contribution in [2.45, 2.75) is 39.3 Å². The van der Waals surface area contributed by atoms with Crippen LogP contribution in [0.4, 0.5) is 0 Å². The zero-order chi connectivity index (χ0) is 15.9. The molecule has 0 spiro atoms. The van der Waals surface area contributed by atoms with Gasteiger partial charge in [-0.25, -0.2) is 0 Å². The second-order valence-electron chi connectivity index (χ2n) is 5.58. The Labute approximate surface area is 138 Å². The van der Waals surface area contributed by atoms with Crippen LogP contribution in [0.15, 0.2) is 12.1 Å². The van der Waals surface area contributed by atoms with Gasteiger partial charge in [-0.15, -0.1) is 0 Å². The summed E-state index contributed by atoms with van der Waals surface area (Å²) in [5, 5.41) is 4.22. The Kier molecular flexibility index (Phi) is 6.80. The van der Waals surface area contributed by atoms with Gasteiger partial charge in [-0.3, -0.25) is 4.90 Å². The van der Waals surface area contributed by atoms with Crippen molar-refractivity contribution in [3.8, 4) is 11.5 Å². The van der Waals surface area contributed by atoms with E-state index >= 15 is 0 Å². The smallest absolute Gasteiger partial charge is 0.165 e. The van der Waals surface area contributed by atoms with Gasteiger partial charge in [-0.05, 0) is 38.9 Å². The molecule has 0 bridgehead atoms. The Morgan fingerprint density at radius 1 is 1.36 bits per heavy atom. The van der Waals surface area contributed by atoms with Crippen LogP contribution >= 0.6 is 11.6 Å². The molecule has 0 unspecified atom stereocenters. The summed E-state index contributed by atoms with van der Waals surface area (Å²) in [7, 11) is 1.64. The molecule has 0 amide bonds. The lowest BCUT2D eigenvalue weighted by Crippen LogP contribution is -2.37. The highest BCUT2D eigenvalue weighted by Gasteiger charge is 2.22. The summed E-state index contributed by atoms with van der Waals surface area (Å²) in [6.45, 7) is 8.89. The highest BCUT2D eigenvalue weighted by molar-refractivity contribution is 6.30. The van der Waals surface area contributed by atoms with E-state index in [1.807, 2.05) is 13.0 Å². The highest BCUT2D eigenvalue weighted by atomic mass is 35.5. The predicted octanol–water partition coefficient (Wildman–Crippen LogP) is 3.32. The fourth-order valence-electron chi connectivity index (χ4n) is 3.13. The summed E-state index contributed by atoms with van der Waals surface area (Å²) in [4.78, 5) is 2.54. The van der Waals surface area contributed by atoms with Crippen molar-refractivity contribution in [1.82, 2.24) is 10.2 Å². The normalized spacial score (nSPS) is 18.6. The lowest BCUT2D eigenvalue weighted by molar-refractivity contribution is 0.259. The fourth-order valence-corrected chi connectivity index (χ4v) is 3.36. The molecule has 1 aliphatic rings. The van der Waals surface area contributed by atoms with E-state index in [1.165, 1.54) is 19.4 Å². The van der Waals surface area contributed by atoms with Crippen molar-refractivity contribution in [1.29, 1.82) is 0 Å². The molecule has 0 saturated carbocycles. The quantitative estimate of drug-likeness (QED) is 0.794. The van der Waals surface area contributed by atoms with Gasteiger partial charge in [0.05, 0.1) is 13.7 Å². The van der Waals surface area contributed by atoms with Gasteiger partial charge in [-0.1, -0.05) is 18.5 Å². The number of hydrogen-bond donors (Lipinski definition) is 1. The first kappa shape index (κ1) is 17.4. The van der Waals surface area contributed by atoms with Crippen molar-refractivity contribution in [2.75, 3.05) is 33.4 Å². The molecule has 1 N–H and O–H groups in total. The molecule has 2 rings (SSSR count). The summed E-state index contributed by atoms with van der Waals surface area (Å²) in [5.74, 6) is 1.49. The molecule has 1 aliphatic heterocycles. The van der Waals surface area contributed by atoms with Crippen LogP contribution in [-0.2, 0) is 6.54 Å². The van der Waals surface area contributed by atoms with E-state index in [4.69, 9.17) is 21.1 Å². The molecule has 1 atom stereocenters. The van der Waals surface area contributed by atoms with Crippen molar-refractivity contribution < 1.29 is 9.47 Å². The maximum absolute atomic E-state index is 6.18. The van der Waals surface area contributed by atoms with Crippen LogP contribution in [0.1, 0.15) is 32.3 Å². The Morgan fingerprint density at radius 2 is 2.18 bits per heavy atom. The van der Waals surface area contributed by atoms with E-state index in [0.29, 0.717) is 23.4 Å². The van der Waals surface area contributed by atoms with Crippen molar-refractivity contribution in [2.24, 2.45) is 0 Å². The first-order valence-electron chi connectivity index (χ1n) is 8.13. The lowest BCUT2D eigenvalue weighted by atomic mass is 10.1. The maximum Gasteiger partial charge on any atom is 0.165 e. The van der Waals surface area contributed by atoms with E-state index in [0.717, 1.165) is 30.9 Å². The van der Waals surface area contributed by atoms with Gasteiger partial charge in [-0.2, -0.15) is 0 Å². The Bertz CT molecular complexity index is 482. The van der Waals surface area contributed by atoms with Crippen molar-refractivity contribution >= 4 is 11.6 Å². The number of methoxy groups -OCH3 is 1. The summed E-state index contributed by atoms with van der Waals surface area (Å²) < 4.78 is 11.1. The SMILES string of the molecule is CCOc1c(CNC[C@H]2CCCN2CC)cc(Cl)cc1OC. The minimum atomic E-state index is 0.608. The van der Waals surface area contributed by atoms with Crippen molar-refractivity contribution in [3.05, 3.63) is 22.7 Å². The summed E-state index contributed by atoms with van der Waals surface area (Å²) in [6.07, 6.45) is 2.58. The topological polar surface area (TPSA) is 33.7 Å². The minimum Gasteiger partial charge on any atom is -0.493 e. The van der Waals surface area contributed by atoms with Crippen LogP contribution in [0.25, 0.3) is 0 Å². The van der Waals surface area contributed by atoms with Gasteiger partial charge >= 0.3 is 0 Å². The summed E-state index contributed by atoms with van der Waals surface area (Å²) >= 11 is 6.18. The van der Waals surface area contributed by atoms with Crippen LogP contribution in [0, 0.1) is 0 Å². The molecule has 0 aliphatic carbocycles. The third kappa shape index (κ3) is 4.28. The second-order valence-corrected chi connectivity index (χ2v) is 6.02. The van der Waals surface area contributed by atoms with Crippen LogP contribution in [0.5, 0.6) is 11.5 Å². The van der Waals surface area contributed by atoms with Crippen molar-refractivity contribution in [3.63, 3.8) is 0 Å². The maximum atomic E-state index is 6.18. The first-order valence-corrected chi connectivity index (χ1v) is 8.51. The molecule has 4 nitrogen and oxygen atoms in total. The monoisotopic (exact) mass is 326 g/mol. The van der Waals surface area contributed by atoms with E-state index in [-0.39, 0.29) is 0 Å². The minimum absolute atomic E-state index is 0.608. The number of hydrogen-bond acceptors (Lipinski definition) is 4. The average molecular weight is 327 g/mol. The number of likely N-dealkylation sites (tertiary alicyclic amines) is 1. The number of nitrogens with one attached hydrogen (secondary N) is 1. The van der Waals surface area contributed by atoms with E-state index in [2.05, 4.69) is 17.1 Å². The zero-order valence-electron chi connectivity index (χ0n) is 13.8. The number of likely N-dealkylation sites (N-methyl/N-ethyl adjacent to an activating group) is 1. The van der Waals surface area contributed by atoms with Gasteiger partial charge in [0.15, 0.2) is 11.5 Å². The first-order chi connectivity index (χ1) is 10.7. The Hall–Kier alpha value is -0.970. The molecule has 1 saturated heterocycles. The van der Waals surface area contributed by atoms with Crippen LogP contribution in [0.3, 0.4) is 0 Å². The van der Waals surface area contributed by atoms with E-state index < -0.39 is 0 Å². The predicted molar refractivity (Wildman–Crippen MR) is 91.1 cm³/mol. The van der Waals surface area contributed by atoms with Crippen LogP contribution in [0.2, 0.25) is 5.02 Å².